The van der Waals surface area contributed by atoms with Crippen LogP contribution in [0.2, 0.25) is 0 Å². The fraction of sp³-hybridized carbons (Fsp3) is 0.692. The summed E-state index contributed by atoms with van der Waals surface area (Å²) in [5, 5.41) is 3.38. The monoisotopic (exact) mass is 455 g/mol. The summed E-state index contributed by atoms with van der Waals surface area (Å²) in [5.41, 5.74) is 1.03. The van der Waals surface area contributed by atoms with Gasteiger partial charge >= 0.3 is 0 Å². The molecule has 1 aliphatic heterocycles. The molecule has 1 atom stereocenters. The fourth-order valence-electron chi connectivity index (χ4n) is 6.20. The van der Waals surface area contributed by atoms with Gasteiger partial charge in [0, 0.05) is 17.0 Å². The van der Waals surface area contributed by atoms with Crippen LogP contribution in [-0.2, 0) is 17.8 Å². The Bertz CT molecular complexity index is 994. The Hall–Kier alpha value is -1.82. The summed E-state index contributed by atoms with van der Waals surface area (Å²) in [4.78, 5) is 31.2. The maximum absolute atomic E-state index is 14.0. The second-order valence-corrected chi connectivity index (χ2v) is 11.5. The molecule has 2 saturated carbocycles. The minimum absolute atomic E-state index is 0.0421. The van der Waals surface area contributed by atoms with Crippen molar-refractivity contribution in [1.82, 2.24) is 14.8 Å². The van der Waals surface area contributed by atoms with Gasteiger partial charge in [-0.15, -0.1) is 11.3 Å². The van der Waals surface area contributed by atoms with Gasteiger partial charge in [0.25, 0.3) is 5.91 Å². The van der Waals surface area contributed by atoms with Gasteiger partial charge in [0.15, 0.2) is 0 Å². The number of aromatic nitrogens is 1. The molecule has 1 N–H and O–H groups in total. The van der Waals surface area contributed by atoms with Crippen molar-refractivity contribution in [1.29, 1.82) is 0 Å². The lowest BCUT2D eigenvalue weighted by Crippen LogP contribution is -2.67. The highest BCUT2D eigenvalue weighted by molar-refractivity contribution is 7.19. The molecule has 2 aromatic heterocycles. The molecule has 0 bridgehead atoms. The summed E-state index contributed by atoms with van der Waals surface area (Å²) in [6.07, 6.45) is 13.5. The Kier molecular flexibility index (Phi) is 6.08. The minimum Gasteiger partial charge on any atom is -0.351 e. The summed E-state index contributed by atoms with van der Waals surface area (Å²) in [5.74, 6) is 0.0892. The van der Waals surface area contributed by atoms with Gasteiger partial charge in [-0.05, 0) is 51.2 Å². The van der Waals surface area contributed by atoms with E-state index in [0.29, 0.717) is 6.54 Å². The number of carbonyl (C=O) groups is 2. The number of aryl methyl sites for hydroxylation is 1. The number of nitrogens with zero attached hydrogens (tertiary/aromatic N) is 2. The van der Waals surface area contributed by atoms with Gasteiger partial charge in [-0.2, -0.15) is 0 Å². The fourth-order valence-corrected chi connectivity index (χ4v) is 7.24. The van der Waals surface area contributed by atoms with Crippen molar-refractivity contribution in [2.45, 2.75) is 115 Å². The third kappa shape index (κ3) is 3.78. The Morgan fingerprint density at radius 3 is 2.41 bits per heavy atom. The molecule has 0 aromatic carbocycles. The van der Waals surface area contributed by atoms with Crippen LogP contribution in [0.5, 0.6) is 0 Å². The summed E-state index contributed by atoms with van der Waals surface area (Å²) < 4.78 is 3.31. The van der Waals surface area contributed by atoms with Crippen LogP contribution in [0.4, 0.5) is 0 Å². The molecule has 0 spiro atoms. The maximum Gasteiger partial charge on any atom is 0.271 e. The van der Waals surface area contributed by atoms with E-state index in [1.165, 1.54) is 41.7 Å². The average molecular weight is 456 g/mol. The molecule has 2 aromatic rings. The molecule has 32 heavy (non-hydrogen) atoms. The summed E-state index contributed by atoms with van der Waals surface area (Å²) in [7, 11) is 0. The third-order valence-electron chi connectivity index (χ3n) is 8.04. The molecule has 0 saturated heterocycles. The summed E-state index contributed by atoms with van der Waals surface area (Å²) >= 11 is 1.78. The number of hydrogen-bond donors (Lipinski definition) is 1. The normalized spacial score (nSPS) is 25.7. The zero-order valence-corrected chi connectivity index (χ0v) is 20.4. The predicted octanol–water partition coefficient (Wildman–Crippen LogP) is 5.65. The maximum atomic E-state index is 14.0. The molecule has 3 heterocycles. The first-order chi connectivity index (χ1) is 15.5. The van der Waals surface area contributed by atoms with Crippen molar-refractivity contribution in [2.75, 3.05) is 0 Å². The molecule has 3 aliphatic rings. The van der Waals surface area contributed by atoms with E-state index in [-0.39, 0.29) is 23.9 Å². The van der Waals surface area contributed by atoms with Crippen LogP contribution in [0.25, 0.3) is 10.2 Å². The molecule has 2 fully saturated rings. The van der Waals surface area contributed by atoms with Crippen LogP contribution in [0, 0.1) is 0 Å². The molecular formula is C26H37N3O2S. The Morgan fingerprint density at radius 2 is 1.72 bits per heavy atom. The van der Waals surface area contributed by atoms with Gasteiger partial charge < -0.3 is 14.8 Å². The molecule has 174 valence electrons. The molecule has 5 nitrogen and oxygen atoms in total. The third-order valence-corrected chi connectivity index (χ3v) is 9.26. The van der Waals surface area contributed by atoms with Crippen LogP contribution in [0.1, 0.15) is 99.8 Å². The van der Waals surface area contributed by atoms with E-state index < -0.39 is 5.54 Å². The second kappa shape index (κ2) is 8.85. The number of nitrogens with one attached hydrogen (secondary N) is 1. The highest BCUT2D eigenvalue weighted by Crippen LogP contribution is 2.39. The highest BCUT2D eigenvalue weighted by atomic mass is 32.1. The minimum atomic E-state index is -0.850. The zero-order valence-electron chi connectivity index (χ0n) is 19.6. The molecule has 6 heteroatoms. The summed E-state index contributed by atoms with van der Waals surface area (Å²) in [6.45, 7) is 4.74. The molecule has 5 rings (SSSR count). The van der Waals surface area contributed by atoms with E-state index >= 15 is 0 Å². The van der Waals surface area contributed by atoms with E-state index in [4.69, 9.17) is 0 Å². The van der Waals surface area contributed by atoms with Gasteiger partial charge in [-0.1, -0.05) is 51.9 Å². The topological polar surface area (TPSA) is 54.3 Å². The Labute approximate surface area is 195 Å². The highest BCUT2D eigenvalue weighted by Gasteiger charge is 2.50. The quantitative estimate of drug-likeness (QED) is 0.606. The van der Waals surface area contributed by atoms with Crippen LogP contribution < -0.4 is 5.32 Å². The first-order valence-electron chi connectivity index (χ1n) is 12.8. The Morgan fingerprint density at radius 1 is 1.06 bits per heavy atom. The van der Waals surface area contributed by atoms with E-state index in [1.807, 2.05) is 11.8 Å². The lowest BCUT2D eigenvalue weighted by atomic mass is 9.89. The van der Waals surface area contributed by atoms with Crippen LogP contribution in [0.3, 0.4) is 0 Å². The zero-order chi connectivity index (χ0) is 22.3. The van der Waals surface area contributed by atoms with E-state index in [1.54, 1.807) is 11.3 Å². The second-order valence-electron chi connectivity index (χ2n) is 10.3. The van der Waals surface area contributed by atoms with Crippen molar-refractivity contribution < 1.29 is 9.59 Å². The lowest BCUT2D eigenvalue weighted by molar-refractivity contribution is -0.135. The number of rotatable bonds is 4. The van der Waals surface area contributed by atoms with Crippen molar-refractivity contribution >= 4 is 33.4 Å². The smallest absolute Gasteiger partial charge is 0.271 e. The standard InChI is InChI=1S/C26H37N3O2S/c1-3-20-15-21-23(32-20)16-22-24(30)29(19-13-9-4-5-10-14-19)26(2,17-28(21)22)25(31)27-18-11-7-6-8-12-18/h15-16,18-19H,3-14,17H2,1-2H3,(H,27,31). The van der Waals surface area contributed by atoms with Crippen molar-refractivity contribution in [2.24, 2.45) is 0 Å². The van der Waals surface area contributed by atoms with Gasteiger partial charge in [0.05, 0.1) is 16.8 Å². The number of amides is 2. The van der Waals surface area contributed by atoms with Crippen molar-refractivity contribution in [3.63, 3.8) is 0 Å². The van der Waals surface area contributed by atoms with Crippen molar-refractivity contribution in [3.05, 3.63) is 22.7 Å². The van der Waals surface area contributed by atoms with Gasteiger partial charge in [-0.3, -0.25) is 9.59 Å². The molecule has 0 radical (unpaired) electrons. The van der Waals surface area contributed by atoms with Crippen LogP contribution >= 0.6 is 11.3 Å². The molecule has 2 aliphatic carbocycles. The molecule has 1 unspecified atom stereocenters. The number of carbonyl (C=O) groups excluding carboxylic acids is 2. The number of thiophene rings is 1. The number of fused-ring (bicyclic) bond motifs is 3. The summed E-state index contributed by atoms with van der Waals surface area (Å²) in [6, 6.07) is 4.69. The largest absolute Gasteiger partial charge is 0.351 e. The first kappa shape index (κ1) is 22.0. The Balaban J connectivity index is 1.54. The average Bonchev–Trinajstić information content (AvgIpc) is 3.22. The molecular weight excluding hydrogens is 418 g/mol. The van der Waals surface area contributed by atoms with Gasteiger partial charge in [0.2, 0.25) is 5.91 Å². The number of hydrogen-bond acceptors (Lipinski definition) is 3. The van der Waals surface area contributed by atoms with Crippen LogP contribution in [-0.4, -0.2) is 38.9 Å². The SMILES string of the molecule is CCc1cc2c(cc3n2CC(C)(C(=O)NC2CCCCC2)N(C2CCCCCC2)C3=O)s1. The van der Waals surface area contributed by atoms with Crippen LogP contribution in [0.15, 0.2) is 12.1 Å². The predicted molar refractivity (Wildman–Crippen MR) is 130 cm³/mol. The van der Waals surface area contributed by atoms with Gasteiger partial charge in [0.1, 0.15) is 11.2 Å². The lowest BCUT2D eigenvalue weighted by Gasteiger charge is -2.48. The first-order valence-corrected chi connectivity index (χ1v) is 13.6. The van der Waals surface area contributed by atoms with E-state index in [2.05, 4.69) is 28.9 Å². The van der Waals surface area contributed by atoms with E-state index in [9.17, 15) is 9.59 Å². The van der Waals surface area contributed by atoms with Crippen molar-refractivity contribution in [3.8, 4) is 0 Å². The molecule has 2 amide bonds. The van der Waals surface area contributed by atoms with E-state index in [0.717, 1.165) is 56.2 Å². The van der Waals surface area contributed by atoms with Gasteiger partial charge in [-0.25, -0.2) is 0 Å².